The van der Waals surface area contributed by atoms with E-state index in [9.17, 15) is 9.59 Å². The summed E-state index contributed by atoms with van der Waals surface area (Å²) in [5.41, 5.74) is 3.19. The monoisotopic (exact) mass is 336 g/mol. The van der Waals surface area contributed by atoms with Crippen LogP contribution in [0.15, 0.2) is 54.6 Å². The molecule has 1 heterocycles. The second kappa shape index (κ2) is 7.97. The number of hydrogen-bond acceptors (Lipinski definition) is 2. The number of anilines is 1. The van der Waals surface area contributed by atoms with Crippen molar-refractivity contribution in [2.45, 2.75) is 38.6 Å². The summed E-state index contributed by atoms with van der Waals surface area (Å²) in [6.45, 7) is 2.37. The minimum Gasteiger partial charge on any atom is -0.354 e. The topological polar surface area (TPSA) is 49.4 Å². The normalized spacial score (nSPS) is 15.2. The zero-order valence-electron chi connectivity index (χ0n) is 14.6. The first-order valence-electron chi connectivity index (χ1n) is 8.88. The van der Waals surface area contributed by atoms with Crippen molar-refractivity contribution >= 4 is 17.5 Å². The van der Waals surface area contributed by atoms with E-state index < -0.39 is 6.04 Å². The quantitative estimate of drug-likeness (QED) is 0.912. The van der Waals surface area contributed by atoms with Gasteiger partial charge in [-0.05, 0) is 43.4 Å². The molecule has 0 radical (unpaired) electrons. The molecule has 0 spiro atoms. The van der Waals surface area contributed by atoms with Gasteiger partial charge in [0.05, 0.1) is 0 Å². The number of carbonyl (C=O) groups excluding carboxylic acids is 2. The molecule has 0 unspecified atom stereocenters. The summed E-state index contributed by atoms with van der Waals surface area (Å²) in [5, 5.41) is 2.97. The summed E-state index contributed by atoms with van der Waals surface area (Å²) in [6.07, 6.45) is 2.97. The Morgan fingerprint density at radius 2 is 1.80 bits per heavy atom. The van der Waals surface area contributed by atoms with Gasteiger partial charge in [-0.15, -0.1) is 0 Å². The number of nitrogens with one attached hydrogen (secondary N) is 1. The van der Waals surface area contributed by atoms with Gasteiger partial charge in [-0.3, -0.25) is 14.5 Å². The first-order chi connectivity index (χ1) is 12.2. The molecule has 1 aliphatic rings. The SMILES string of the molecule is C[C@H](C(=O)NCCc1ccccc1)N1C(=O)CCCc2ccccc21. The van der Waals surface area contributed by atoms with Gasteiger partial charge in [-0.2, -0.15) is 0 Å². The molecule has 0 saturated carbocycles. The summed E-state index contributed by atoms with van der Waals surface area (Å²) < 4.78 is 0. The van der Waals surface area contributed by atoms with E-state index in [1.165, 1.54) is 5.56 Å². The maximum Gasteiger partial charge on any atom is 0.242 e. The van der Waals surface area contributed by atoms with Gasteiger partial charge in [-0.1, -0.05) is 48.5 Å². The van der Waals surface area contributed by atoms with Gasteiger partial charge in [0, 0.05) is 18.7 Å². The fourth-order valence-corrected chi connectivity index (χ4v) is 3.31. The maximum absolute atomic E-state index is 12.6. The third-order valence-corrected chi connectivity index (χ3v) is 4.68. The minimum absolute atomic E-state index is 0.0238. The highest BCUT2D eigenvalue weighted by Gasteiger charge is 2.30. The van der Waals surface area contributed by atoms with Gasteiger partial charge in [0.1, 0.15) is 6.04 Å². The number of nitrogens with zero attached hydrogens (tertiary/aromatic N) is 1. The lowest BCUT2D eigenvalue weighted by molar-refractivity contribution is -0.126. The van der Waals surface area contributed by atoms with Crippen molar-refractivity contribution in [1.29, 1.82) is 0 Å². The molecule has 2 aromatic rings. The van der Waals surface area contributed by atoms with Crippen molar-refractivity contribution in [1.82, 2.24) is 5.32 Å². The number of benzene rings is 2. The molecule has 0 aromatic heterocycles. The first-order valence-corrected chi connectivity index (χ1v) is 8.88. The molecule has 2 amide bonds. The second-order valence-electron chi connectivity index (χ2n) is 6.45. The molecule has 0 saturated heterocycles. The van der Waals surface area contributed by atoms with Crippen LogP contribution in [-0.2, 0) is 22.4 Å². The third-order valence-electron chi connectivity index (χ3n) is 4.68. The highest BCUT2D eigenvalue weighted by atomic mass is 16.2. The van der Waals surface area contributed by atoms with Crippen molar-refractivity contribution in [3.8, 4) is 0 Å². The number of hydrogen-bond donors (Lipinski definition) is 1. The van der Waals surface area contributed by atoms with E-state index in [4.69, 9.17) is 0 Å². The van der Waals surface area contributed by atoms with Crippen molar-refractivity contribution in [3.63, 3.8) is 0 Å². The number of rotatable bonds is 5. The van der Waals surface area contributed by atoms with Crippen LogP contribution in [0.5, 0.6) is 0 Å². The van der Waals surface area contributed by atoms with Crippen molar-refractivity contribution in [3.05, 3.63) is 65.7 Å². The van der Waals surface area contributed by atoms with E-state index in [2.05, 4.69) is 5.32 Å². The van der Waals surface area contributed by atoms with E-state index in [-0.39, 0.29) is 11.8 Å². The highest BCUT2D eigenvalue weighted by molar-refractivity contribution is 6.01. The molecule has 2 aromatic carbocycles. The lowest BCUT2D eigenvalue weighted by Gasteiger charge is -2.28. The fourth-order valence-electron chi connectivity index (χ4n) is 3.31. The van der Waals surface area contributed by atoms with Crippen LogP contribution in [0.3, 0.4) is 0 Å². The van der Waals surface area contributed by atoms with E-state index in [0.29, 0.717) is 13.0 Å². The molecule has 130 valence electrons. The largest absolute Gasteiger partial charge is 0.354 e. The lowest BCUT2D eigenvalue weighted by Crippen LogP contribution is -2.48. The van der Waals surface area contributed by atoms with Gasteiger partial charge in [0.2, 0.25) is 11.8 Å². The Balaban J connectivity index is 1.67. The number of para-hydroxylation sites is 1. The first kappa shape index (κ1) is 17.2. The van der Waals surface area contributed by atoms with Crippen LogP contribution in [0.2, 0.25) is 0 Å². The van der Waals surface area contributed by atoms with E-state index in [0.717, 1.165) is 30.5 Å². The van der Waals surface area contributed by atoms with Crippen LogP contribution in [0.1, 0.15) is 30.9 Å². The average molecular weight is 336 g/mol. The summed E-state index contributed by atoms with van der Waals surface area (Å²) in [7, 11) is 0. The Labute approximate surface area is 148 Å². The van der Waals surface area contributed by atoms with Crippen LogP contribution < -0.4 is 10.2 Å². The molecule has 0 fully saturated rings. The summed E-state index contributed by atoms with van der Waals surface area (Å²) >= 11 is 0. The summed E-state index contributed by atoms with van der Waals surface area (Å²) in [6, 6.07) is 17.4. The maximum atomic E-state index is 12.6. The zero-order valence-corrected chi connectivity index (χ0v) is 14.6. The van der Waals surface area contributed by atoms with Crippen LogP contribution in [-0.4, -0.2) is 24.4 Å². The predicted octanol–water partition coefficient (Wildman–Crippen LogP) is 3.10. The molecular weight excluding hydrogens is 312 g/mol. The van der Waals surface area contributed by atoms with E-state index in [1.807, 2.05) is 54.6 Å². The van der Waals surface area contributed by atoms with Crippen LogP contribution in [0.4, 0.5) is 5.69 Å². The van der Waals surface area contributed by atoms with Crippen LogP contribution in [0.25, 0.3) is 0 Å². The highest BCUT2D eigenvalue weighted by Crippen LogP contribution is 2.28. The number of fused-ring (bicyclic) bond motifs is 1. The average Bonchev–Trinajstić information content (AvgIpc) is 2.80. The van der Waals surface area contributed by atoms with Gasteiger partial charge in [0.25, 0.3) is 0 Å². The third kappa shape index (κ3) is 4.08. The predicted molar refractivity (Wildman–Crippen MR) is 99.5 cm³/mol. The van der Waals surface area contributed by atoms with Crippen LogP contribution in [0, 0.1) is 0 Å². The fraction of sp³-hybridized carbons (Fsp3) is 0.333. The number of amides is 2. The van der Waals surface area contributed by atoms with E-state index >= 15 is 0 Å². The smallest absolute Gasteiger partial charge is 0.242 e. The van der Waals surface area contributed by atoms with Gasteiger partial charge < -0.3 is 5.32 Å². The van der Waals surface area contributed by atoms with Gasteiger partial charge >= 0.3 is 0 Å². The van der Waals surface area contributed by atoms with Crippen molar-refractivity contribution < 1.29 is 9.59 Å². The Bertz CT molecular complexity index is 743. The molecular formula is C21H24N2O2. The Kier molecular flexibility index (Phi) is 5.49. The zero-order chi connectivity index (χ0) is 17.6. The summed E-state index contributed by atoms with van der Waals surface area (Å²) in [5.74, 6) is -0.0864. The lowest BCUT2D eigenvalue weighted by atomic mass is 10.1. The Hall–Kier alpha value is -2.62. The molecule has 1 aliphatic heterocycles. The summed E-state index contributed by atoms with van der Waals surface area (Å²) in [4.78, 5) is 26.8. The molecule has 1 atom stereocenters. The molecule has 1 N–H and O–H groups in total. The van der Waals surface area contributed by atoms with Crippen LogP contribution >= 0.6 is 0 Å². The minimum atomic E-state index is -0.512. The molecule has 0 bridgehead atoms. The molecule has 25 heavy (non-hydrogen) atoms. The van der Waals surface area contributed by atoms with Crippen molar-refractivity contribution in [2.24, 2.45) is 0 Å². The Morgan fingerprint density at radius 1 is 1.08 bits per heavy atom. The standard InChI is InChI=1S/C21H24N2O2/c1-16(21(25)22-15-14-17-8-3-2-4-9-17)23-19-12-6-5-10-18(19)11-7-13-20(23)24/h2-6,8-10,12,16H,7,11,13-15H2,1H3,(H,22,25)/t16-/m1/s1. The van der Waals surface area contributed by atoms with Crippen molar-refractivity contribution in [2.75, 3.05) is 11.4 Å². The van der Waals surface area contributed by atoms with Gasteiger partial charge in [-0.25, -0.2) is 0 Å². The number of aryl methyl sites for hydroxylation is 1. The molecule has 4 heteroatoms. The van der Waals surface area contributed by atoms with E-state index in [1.54, 1.807) is 11.8 Å². The second-order valence-corrected chi connectivity index (χ2v) is 6.45. The molecule has 4 nitrogen and oxygen atoms in total. The molecule has 3 rings (SSSR count). The Morgan fingerprint density at radius 3 is 2.60 bits per heavy atom. The van der Waals surface area contributed by atoms with Gasteiger partial charge in [0.15, 0.2) is 0 Å². The number of carbonyl (C=O) groups is 2. The molecule has 0 aliphatic carbocycles.